The van der Waals surface area contributed by atoms with E-state index in [0.29, 0.717) is 29.1 Å². The minimum absolute atomic E-state index is 0.0616. The van der Waals surface area contributed by atoms with Crippen molar-refractivity contribution >= 4 is 5.65 Å². The quantitative estimate of drug-likeness (QED) is 0.460. The molecule has 4 aromatic heterocycles. The summed E-state index contributed by atoms with van der Waals surface area (Å²) < 4.78 is 43.9. The summed E-state index contributed by atoms with van der Waals surface area (Å²) in [6, 6.07) is 3.99. The highest BCUT2D eigenvalue weighted by molar-refractivity contribution is 5.68. The maximum atomic E-state index is 12.9. The number of nitriles is 1. The first kappa shape index (κ1) is 21.1. The second-order valence-electron chi connectivity index (χ2n) is 8.33. The van der Waals surface area contributed by atoms with Gasteiger partial charge in [-0.2, -0.15) is 28.6 Å². The Morgan fingerprint density at radius 2 is 2.00 bits per heavy atom. The van der Waals surface area contributed by atoms with E-state index in [1.54, 1.807) is 40.3 Å². The lowest BCUT2D eigenvalue weighted by Crippen LogP contribution is -2.39. The first-order valence-electron chi connectivity index (χ1n) is 10.3. The number of aryl methyl sites for hydroxylation is 1. The highest BCUT2D eigenvalue weighted by Gasteiger charge is 2.44. The zero-order valence-electron chi connectivity index (χ0n) is 17.7. The van der Waals surface area contributed by atoms with Crippen LogP contribution < -0.4 is 0 Å². The van der Waals surface area contributed by atoms with Crippen LogP contribution >= 0.6 is 0 Å². The summed E-state index contributed by atoms with van der Waals surface area (Å²) >= 11 is 0. The Morgan fingerprint density at radius 1 is 1.18 bits per heavy atom. The minimum atomic E-state index is -4.29. The Hall–Kier alpha value is -3.72. The van der Waals surface area contributed by atoms with Gasteiger partial charge in [0.2, 0.25) is 0 Å². The van der Waals surface area contributed by atoms with Gasteiger partial charge in [0.05, 0.1) is 48.2 Å². The second kappa shape index (κ2) is 7.70. The largest absolute Gasteiger partial charge is 0.401 e. The van der Waals surface area contributed by atoms with Gasteiger partial charge in [0.15, 0.2) is 0 Å². The highest BCUT2D eigenvalue weighted by Crippen LogP contribution is 2.35. The molecular weight excluding hydrogens is 435 g/mol. The van der Waals surface area contributed by atoms with E-state index in [1.807, 2.05) is 23.7 Å². The zero-order valence-corrected chi connectivity index (χ0v) is 17.7. The lowest BCUT2D eigenvalue weighted by Gasteiger charge is -2.28. The molecule has 0 aliphatic carbocycles. The fraction of sp³-hybridized carbons (Fsp3) is 0.381. The van der Waals surface area contributed by atoms with E-state index in [1.165, 1.54) is 4.90 Å². The molecule has 1 aliphatic rings. The molecule has 0 saturated carbocycles. The first-order valence-corrected chi connectivity index (χ1v) is 10.3. The van der Waals surface area contributed by atoms with E-state index in [0.717, 1.165) is 5.56 Å². The van der Waals surface area contributed by atoms with E-state index in [-0.39, 0.29) is 19.5 Å². The molecule has 1 unspecified atom stereocenters. The molecule has 33 heavy (non-hydrogen) atoms. The molecule has 1 saturated heterocycles. The summed E-state index contributed by atoms with van der Waals surface area (Å²) in [6.07, 6.45) is 6.57. The van der Waals surface area contributed by atoms with Gasteiger partial charge in [0.25, 0.3) is 0 Å². The number of halogens is 3. The van der Waals surface area contributed by atoms with Crippen molar-refractivity contribution in [2.75, 3.05) is 19.6 Å². The molecule has 0 N–H and O–H groups in total. The molecule has 0 amide bonds. The number of rotatable bonds is 5. The Morgan fingerprint density at radius 3 is 2.73 bits per heavy atom. The molecule has 1 aliphatic heterocycles. The van der Waals surface area contributed by atoms with Gasteiger partial charge in [-0.3, -0.25) is 18.7 Å². The number of hydrogen-bond acceptors (Lipinski definition) is 6. The lowest BCUT2D eigenvalue weighted by molar-refractivity contribution is -0.144. The van der Waals surface area contributed by atoms with E-state index in [4.69, 9.17) is 4.98 Å². The highest BCUT2D eigenvalue weighted by atomic mass is 19.4. The van der Waals surface area contributed by atoms with Crippen LogP contribution in [0.3, 0.4) is 0 Å². The zero-order chi connectivity index (χ0) is 23.2. The fourth-order valence-corrected chi connectivity index (χ4v) is 4.41. The molecular formula is C21H20F3N9. The van der Waals surface area contributed by atoms with Crippen molar-refractivity contribution in [3.63, 3.8) is 0 Å². The molecule has 1 fully saturated rings. The molecule has 12 heteroatoms. The summed E-state index contributed by atoms with van der Waals surface area (Å²) in [4.78, 5) is 10.5. The average Bonchev–Trinajstić information content (AvgIpc) is 3.53. The number of hydrogen-bond donors (Lipinski definition) is 0. The van der Waals surface area contributed by atoms with Gasteiger partial charge in [-0.15, -0.1) is 0 Å². The summed E-state index contributed by atoms with van der Waals surface area (Å²) in [5.41, 5.74) is 2.06. The van der Waals surface area contributed by atoms with Crippen LogP contribution in [0, 0.1) is 11.3 Å². The third-order valence-corrected chi connectivity index (χ3v) is 5.94. The van der Waals surface area contributed by atoms with E-state index >= 15 is 0 Å². The minimum Gasteiger partial charge on any atom is -0.292 e. The normalized spacial score (nSPS) is 19.4. The summed E-state index contributed by atoms with van der Waals surface area (Å²) in [5.74, 6) is 0.590. The van der Waals surface area contributed by atoms with Crippen LogP contribution in [0.5, 0.6) is 0 Å². The van der Waals surface area contributed by atoms with Crippen LogP contribution in [0.1, 0.15) is 12.8 Å². The van der Waals surface area contributed by atoms with Gasteiger partial charge in [-0.1, -0.05) is 0 Å². The van der Waals surface area contributed by atoms with Crippen LogP contribution in [0.15, 0.2) is 43.2 Å². The van der Waals surface area contributed by atoms with Gasteiger partial charge in [-0.05, 0) is 6.42 Å². The summed E-state index contributed by atoms with van der Waals surface area (Å²) in [6.45, 7) is -0.652. The molecule has 9 nitrogen and oxygen atoms in total. The van der Waals surface area contributed by atoms with Crippen LogP contribution in [0.25, 0.3) is 28.3 Å². The van der Waals surface area contributed by atoms with Crippen molar-refractivity contribution in [2.45, 2.75) is 24.6 Å². The SMILES string of the molecule is Cn1cc(-c2cc3nccn3c(-c3cnn(C4(CC#N)CCN(CC(F)(F)F)C4)c3)n2)cn1. The topological polar surface area (TPSA) is 92.9 Å². The number of alkyl halides is 3. The molecule has 0 aromatic carbocycles. The standard InChI is InChI=1S/C21H20F3N9/c1-30-11-15(9-27-30)17-8-18-26-5-7-32(18)19(29-17)16-10-28-33(12-16)20(2-4-25)3-6-31(13-20)14-21(22,23)24/h5,7-12H,2-3,6,13-14H2,1H3. The Kier molecular flexibility index (Phi) is 4.93. The van der Waals surface area contributed by atoms with Gasteiger partial charge in [-0.25, -0.2) is 9.97 Å². The van der Waals surface area contributed by atoms with Gasteiger partial charge in [0, 0.05) is 56.6 Å². The van der Waals surface area contributed by atoms with Crippen LogP contribution in [0.4, 0.5) is 13.2 Å². The van der Waals surface area contributed by atoms with Crippen molar-refractivity contribution in [3.05, 3.63) is 43.2 Å². The first-order chi connectivity index (χ1) is 15.8. The third-order valence-electron chi connectivity index (χ3n) is 5.94. The molecule has 5 rings (SSSR count). The monoisotopic (exact) mass is 455 g/mol. The number of imidazole rings is 1. The van der Waals surface area contributed by atoms with Crippen LogP contribution in [0.2, 0.25) is 0 Å². The summed E-state index contributed by atoms with van der Waals surface area (Å²) in [7, 11) is 1.82. The van der Waals surface area contributed by atoms with Gasteiger partial charge in [0.1, 0.15) is 11.5 Å². The fourth-order valence-electron chi connectivity index (χ4n) is 4.41. The van der Waals surface area contributed by atoms with Gasteiger partial charge >= 0.3 is 6.18 Å². The van der Waals surface area contributed by atoms with Crippen molar-refractivity contribution in [2.24, 2.45) is 7.05 Å². The van der Waals surface area contributed by atoms with Crippen molar-refractivity contribution in [1.29, 1.82) is 5.26 Å². The molecule has 170 valence electrons. The van der Waals surface area contributed by atoms with Crippen molar-refractivity contribution in [1.82, 2.24) is 38.8 Å². The van der Waals surface area contributed by atoms with Crippen molar-refractivity contribution < 1.29 is 13.2 Å². The van der Waals surface area contributed by atoms with E-state index in [9.17, 15) is 18.4 Å². The van der Waals surface area contributed by atoms with Crippen LogP contribution in [-0.4, -0.2) is 64.6 Å². The molecule has 0 radical (unpaired) electrons. The smallest absolute Gasteiger partial charge is 0.292 e. The average molecular weight is 455 g/mol. The van der Waals surface area contributed by atoms with Gasteiger partial charge < -0.3 is 0 Å². The molecule has 1 atom stereocenters. The van der Waals surface area contributed by atoms with E-state index < -0.39 is 18.3 Å². The number of fused-ring (bicyclic) bond motifs is 1. The van der Waals surface area contributed by atoms with Crippen LogP contribution in [-0.2, 0) is 12.6 Å². The van der Waals surface area contributed by atoms with E-state index in [2.05, 4.69) is 21.3 Å². The number of nitrogens with zero attached hydrogens (tertiary/aromatic N) is 9. The Balaban J connectivity index is 1.53. The maximum absolute atomic E-state index is 12.9. The lowest BCUT2D eigenvalue weighted by atomic mass is 9.95. The summed E-state index contributed by atoms with van der Waals surface area (Å²) in [5, 5.41) is 18.1. The van der Waals surface area contributed by atoms with Crippen molar-refractivity contribution in [3.8, 4) is 28.7 Å². The predicted octanol–water partition coefficient (Wildman–Crippen LogP) is 2.87. The molecule has 4 aromatic rings. The second-order valence-corrected chi connectivity index (χ2v) is 8.33. The molecule has 0 bridgehead atoms. The number of aromatic nitrogens is 7. The molecule has 5 heterocycles. The predicted molar refractivity (Wildman–Crippen MR) is 112 cm³/mol. The number of likely N-dealkylation sites (tertiary alicyclic amines) is 1. The molecule has 0 spiro atoms. The maximum Gasteiger partial charge on any atom is 0.401 e. The third kappa shape index (κ3) is 3.95. The Bertz CT molecular complexity index is 1340. The Labute approximate surface area is 186 Å².